The van der Waals surface area contributed by atoms with E-state index < -0.39 is 63.2 Å². The van der Waals surface area contributed by atoms with Gasteiger partial charge in [0.15, 0.2) is 0 Å². The molecular weight excluding hydrogens is 592 g/mol. The van der Waals surface area contributed by atoms with Gasteiger partial charge in [0.25, 0.3) is 0 Å². The number of unbranched alkanes of at least 4 members (excludes halogenated alkanes) is 1. The number of hydrogen-bond donors (Lipinski definition) is 4. The Morgan fingerprint density at radius 1 is 0.909 bits per heavy atom. The number of halogens is 2. The SMILES string of the molecule is CC(C)CN(C(CO)CCCCNC(=O)C(NC(=O)O)C(c1ccccc1)c1ccccc1)S(=O)(=O)c1ccc(F)cc1F. The maximum Gasteiger partial charge on any atom is 0.405 e. The van der Waals surface area contributed by atoms with E-state index in [1.54, 1.807) is 13.8 Å². The summed E-state index contributed by atoms with van der Waals surface area (Å²) in [4.78, 5) is 24.4. The summed E-state index contributed by atoms with van der Waals surface area (Å²) < 4.78 is 55.7. The fraction of sp³-hybridized carbons (Fsp3) is 0.375. The van der Waals surface area contributed by atoms with Crippen molar-refractivity contribution in [3.05, 3.63) is 102 Å². The number of nitrogens with zero attached hydrogens (tertiary/aromatic N) is 1. The molecule has 0 spiro atoms. The van der Waals surface area contributed by atoms with Crippen molar-refractivity contribution in [1.82, 2.24) is 14.9 Å². The van der Waals surface area contributed by atoms with E-state index in [0.29, 0.717) is 18.9 Å². The van der Waals surface area contributed by atoms with E-state index in [4.69, 9.17) is 0 Å². The van der Waals surface area contributed by atoms with Crippen LogP contribution < -0.4 is 10.6 Å². The van der Waals surface area contributed by atoms with Crippen LogP contribution in [0.5, 0.6) is 0 Å². The summed E-state index contributed by atoms with van der Waals surface area (Å²) in [5.41, 5.74) is 1.50. The van der Waals surface area contributed by atoms with E-state index >= 15 is 0 Å². The van der Waals surface area contributed by atoms with E-state index in [-0.39, 0.29) is 25.4 Å². The van der Waals surface area contributed by atoms with E-state index in [1.165, 1.54) is 0 Å². The zero-order valence-corrected chi connectivity index (χ0v) is 25.5. The molecule has 0 aromatic heterocycles. The second kappa shape index (κ2) is 16.3. The van der Waals surface area contributed by atoms with E-state index in [2.05, 4.69) is 10.6 Å². The highest BCUT2D eigenvalue weighted by molar-refractivity contribution is 7.89. The highest BCUT2D eigenvalue weighted by Gasteiger charge is 2.34. The highest BCUT2D eigenvalue weighted by Crippen LogP contribution is 2.29. The van der Waals surface area contributed by atoms with Crippen molar-refractivity contribution in [2.24, 2.45) is 5.92 Å². The van der Waals surface area contributed by atoms with Gasteiger partial charge >= 0.3 is 6.09 Å². The summed E-state index contributed by atoms with van der Waals surface area (Å²) in [5.74, 6) is -3.40. The Kier molecular flexibility index (Phi) is 12.8. The molecule has 0 bridgehead atoms. The minimum absolute atomic E-state index is 0.00398. The minimum Gasteiger partial charge on any atom is -0.465 e. The number of amides is 2. The largest absolute Gasteiger partial charge is 0.465 e. The number of carbonyl (C=O) groups is 2. The van der Waals surface area contributed by atoms with Gasteiger partial charge in [-0.15, -0.1) is 0 Å². The molecule has 4 N–H and O–H groups in total. The van der Waals surface area contributed by atoms with Gasteiger partial charge in [-0.25, -0.2) is 22.0 Å². The number of aliphatic hydroxyl groups excluding tert-OH is 1. The first-order chi connectivity index (χ1) is 20.9. The Labute approximate surface area is 257 Å². The molecule has 0 saturated carbocycles. The third kappa shape index (κ3) is 9.31. The zero-order valence-electron chi connectivity index (χ0n) is 24.7. The molecule has 12 heteroatoms. The Balaban J connectivity index is 1.70. The Morgan fingerprint density at radius 3 is 2.00 bits per heavy atom. The van der Waals surface area contributed by atoms with Crippen LogP contribution in [0.1, 0.15) is 50.2 Å². The molecule has 0 aliphatic rings. The first-order valence-electron chi connectivity index (χ1n) is 14.4. The molecule has 2 atom stereocenters. The lowest BCUT2D eigenvalue weighted by Crippen LogP contribution is -2.50. The summed E-state index contributed by atoms with van der Waals surface area (Å²) in [6, 6.07) is 18.4. The molecule has 0 heterocycles. The van der Waals surface area contributed by atoms with Gasteiger partial charge in [-0.1, -0.05) is 80.9 Å². The smallest absolute Gasteiger partial charge is 0.405 e. The van der Waals surface area contributed by atoms with Crippen LogP contribution in [0.2, 0.25) is 0 Å². The molecule has 3 aromatic rings. The van der Waals surface area contributed by atoms with Crippen molar-refractivity contribution < 1.29 is 37.0 Å². The molecule has 9 nitrogen and oxygen atoms in total. The van der Waals surface area contributed by atoms with Crippen molar-refractivity contribution >= 4 is 22.0 Å². The maximum absolute atomic E-state index is 14.5. The molecule has 44 heavy (non-hydrogen) atoms. The molecule has 0 saturated heterocycles. The van der Waals surface area contributed by atoms with Crippen LogP contribution in [0.15, 0.2) is 83.8 Å². The normalized spacial score (nSPS) is 13.2. The molecule has 3 aromatic carbocycles. The van der Waals surface area contributed by atoms with Gasteiger partial charge in [-0.3, -0.25) is 4.79 Å². The average molecular weight is 632 g/mol. The van der Waals surface area contributed by atoms with Crippen molar-refractivity contribution in [2.45, 2.75) is 56.0 Å². The lowest BCUT2D eigenvalue weighted by atomic mass is 9.84. The van der Waals surface area contributed by atoms with Gasteiger partial charge in [0.2, 0.25) is 15.9 Å². The van der Waals surface area contributed by atoms with Gasteiger partial charge < -0.3 is 20.8 Å². The molecule has 2 unspecified atom stereocenters. The van der Waals surface area contributed by atoms with E-state index in [0.717, 1.165) is 27.6 Å². The summed E-state index contributed by atoms with van der Waals surface area (Å²) in [6.07, 6.45) is -0.366. The minimum atomic E-state index is -4.40. The standard InChI is InChI=1S/C32H39F2N3O6S/c1-22(2)20-37(44(42,43)28-17-16-25(33)19-27(28)34)26(21-38)15-9-10-18-35-31(39)30(36-32(40)41)29(23-11-5-3-6-12-23)24-13-7-4-8-14-24/h3-8,11-14,16-17,19,22,26,29-30,36,38H,9-10,15,18,20-21H2,1-2H3,(H,35,39)(H,40,41). The summed E-state index contributed by atoms with van der Waals surface area (Å²) in [5, 5.41) is 24.8. The third-order valence-electron chi connectivity index (χ3n) is 7.12. The Morgan fingerprint density at radius 2 is 1.50 bits per heavy atom. The lowest BCUT2D eigenvalue weighted by molar-refractivity contribution is -0.123. The van der Waals surface area contributed by atoms with Crippen LogP contribution >= 0.6 is 0 Å². The number of carboxylic acid groups (broad SMARTS) is 1. The number of carbonyl (C=O) groups excluding carboxylic acids is 1. The lowest BCUT2D eigenvalue weighted by Gasteiger charge is -2.31. The molecule has 2 amide bonds. The fourth-order valence-corrected chi connectivity index (χ4v) is 6.96. The summed E-state index contributed by atoms with van der Waals surface area (Å²) in [6.45, 7) is 3.21. The van der Waals surface area contributed by atoms with Gasteiger partial charge in [0.05, 0.1) is 6.61 Å². The summed E-state index contributed by atoms with van der Waals surface area (Å²) in [7, 11) is -4.40. The van der Waals surface area contributed by atoms with Gasteiger partial charge in [0, 0.05) is 31.1 Å². The van der Waals surface area contributed by atoms with Crippen molar-refractivity contribution in [3.63, 3.8) is 0 Å². The predicted molar refractivity (Wildman–Crippen MR) is 162 cm³/mol. The van der Waals surface area contributed by atoms with Crippen LogP contribution in [-0.4, -0.2) is 66.7 Å². The second-order valence-electron chi connectivity index (χ2n) is 10.9. The molecule has 0 fully saturated rings. The quantitative estimate of drug-likeness (QED) is 0.169. The number of aliphatic hydroxyl groups is 1. The van der Waals surface area contributed by atoms with Gasteiger partial charge in [0.1, 0.15) is 22.6 Å². The highest BCUT2D eigenvalue weighted by atomic mass is 32.2. The van der Waals surface area contributed by atoms with E-state index in [1.807, 2.05) is 60.7 Å². The molecule has 238 valence electrons. The van der Waals surface area contributed by atoms with Crippen molar-refractivity contribution in [2.75, 3.05) is 19.7 Å². The number of hydrogen-bond acceptors (Lipinski definition) is 5. The monoisotopic (exact) mass is 631 g/mol. The van der Waals surface area contributed by atoms with E-state index in [9.17, 15) is 37.0 Å². The molecule has 0 radical (unpaired) electrons. The van der Waals surface area contributed by atoms with Gasteiger partial charge in [-0.05, 0) is 42.0 Å². The number of nitrogens with one attached hydrogen (secondary N) is 2. The second-order valence-corrected chi connectivity index (χ2v) is 12.8. The Bertz CT molecular complexity index is 1440. The number of rotatable bonds is 16. The maximum atomic E-state index is 14.5. The summed E-state index contributed by atoms with van der Waals surface area (Å²) >= 11 is 0. The average Bonchev–Trinajstić information content (AvgIpc) is 2.98. The third-order valence-corrected chi connectivity index (χ3v) is 9.07. The zero-order chi connectivity index (χ0) is 32.3. The van der Waals surface area contributed by atoms with Crippen LogP contribution in [-0.2, 0) is 14.8 Å². The first kappa shape index (κ1) is 34.6. The fourth-order valence-electron chi connectivity index (χ4n) is 5.10. The molecule has 0 aliphatic carbocycles. The first-order valence-corrected chi connectivity index (χ1v) is 15.8. The predicted octanol–water partition coefficient (Wildman–Crippen LogP) is 4.73. The van der Waals surface area contributed by atoms with Crippen LogP contribution in [0.4, 0.5) is 13.6 Å². The van der Waals surface area contributed by atoms with Gasteiger partial charge in [-0.2, -0.15) is 4.31 Å². The van der Waals surface area contributed by atoms with Crippen LogP contribution in [0, 0.1) is 17.6 Å². The number of sulfonamides is 1. The van der Waals surface area contributed by atoms with Crippen molar-refractivity contribution in [1.29, 1.82) is 0 Å². The van der Waals surface area contributed by atoms with Crippen LogP contribution in [0.25, 0.3) is 0 Å². The Hall–Kier alpha value is -3.87. The molecule has 0 aliphatic heterocycles. The van der Waals surface area contributed by atoms with Crippen molar-refractivity contribution in [3.8, 4) is 0 Å². The topological polar surface area (TPSA) is 136 Å². The van der Waals surface area contributed by atoms with Crippen LogP contribution in [0.3, 0.4) is 0 Å². The number of benzene rings is 3. The molecular formula is C32H39F2N3O6S. The molecule has 3 rings (SSSR count).